The van der Waals surface area contributed by atoms with Crippen molar-refractivity contribution in [3.8, 4) is 0 Å². The van der Waals surface area contributed by atoms with E-state index in [0.717, 1.165) is 24.0 Å². The summed E-state index contributed by atoms with van der Waals surface area (Å²) >= 11 is 0. The van der Waals surface area contributed by atoms with Crippen molar-refractivity contribution >= 4 is 20.2 Å². The minimum absolute atomic E-state index is 0.132. The Balaban J connectivity index is 2.02. The number of Topliss-reactive ketones (excluding diaryl/α,β-unsaturated/α-hetero) is 1. The van der Waals surface area contributed by atoms with Gasteiger partial charge in [0, 0.05) is 6.42 Å². The third kappa shape index (κ3) is 4.44. The van der Waals surface area contributed by atoms with Crippen LogP contribution >= 0.6 is 0 Å². The summed E-state index contributed by atoms with van der Waals surface area (Å²) < 4.78 is 6.04. The number of hydrogen-bond donors (Lipinski definition) is 0. The average Bonchev–Trinajstić information content (AvgIpc) is 2.32. The van der Waals surface area contributed by atoms with Gasteiger partial charge in [0.2, 0.25) is 0 Å². The number of allylic oxidation sites excluding steroid dienone is 1. The third-order valence-corrected chi connectivity index (χ3v) is 4.21. The van der Waals surface area contributed by atoms with Crippen LogP contribution in [-0.2, 0) is 9.22 Å². The molecule has 2 rings (SSSR count). The number of ketones is 1. The van der Waals surface area contributed by atoms with E-state index in [1.54, 1.807) is 0 Å². The Morgan fingerprint density at radius 2 is 1.89 bits per heavy atom. The molecule has 1 saturated carbocycles. The van der Waals surface area contributed by atoms with Gasteiger partial charge in [-0.2, -0.15) is 0 Å². The maximum Gasteiger partial charge on any atom is 0.184 e. The van der Waals surface area contributed by atoms with Gasteiger partial charge >= 0.3 is 0 Å². The highest BCUT2D eigenvalue weighted by Gasteiger charge is 2.28. The molecule has 3 heteroatoms. The zero-order chi connectivity index (χ0) is 13.9. The molecule has 1 aliphatic carbocycles. The lowest BCUT2D eigenvalue weighted by molar-refractivity contribution is -0.118. The number of carbonyl (C=O) groups excluding carboxylic acids is 1. The van der Waals surface area contributed by atoms with Gasteiger partial charge in [-0.1, -0.05) is 30.3 Å². The molecule has 0 aromatic heterocycles. The minimum Gasteiger partial charge on any atom is -0.414 e. The Hall–Kier alpha value is -1.19. The normalized spacial score (nSPS) is 22.8. The lowest BCUT2D eigenvalue weighted by Gasteiger charge is -2.29. The molecule has 1 aromatic rings. The van der Waals surface area contributed by atoms with Gasteiger partial charge in [-0.15, -0.1) is 0 Å². The van der Waals surface area contributed by atoms with Crippen molar-refractivity contribution in [1.82, 2.24) is 0 Å². The molecule has 0 bridgehead atoms. The van der Waals surface area contributed by atoms with Crippen LogP contribution in [0.1, 0.15) is 24.8 Å². The quantitative estimate of drug-likeness (QED) is 0.614. The highest BCUT2D eigenvalue weighted by Crippen LogP contribution is 2.26. The predicted molar refractivity (Wildman–Crippen MR) is 81.5 cm³/mol. The predicted octanol–water partition coefficient (Wildman–Crippen LogP) is 4.04. The molecule has 1 aromatic carbocycles. The molecule has 0 saturated heterocycles. The summed E-state index contributed by atoms with van der Waals surface area (Å²) in [5.41, 5.74) is 2.05. The molecule has 0 N–H and O–H groups in total. The van der Waals surface area contributed by atoms with Gasteiger partial charge in [0.25, 0.3) is 0 Å². The van der Waals surface area contributed by atoms with Gasteiger partial charge in [0.1, 0.15) is 0 Å². The molecule has 1 unspecified atom stereocenters. The van der Waals surface area contributed by atoms with E-state index in [2.05, 4.69) is 19.6 Å². The first-order chi connectivity index (χ1) is 8.94. The highest BCUT2D eigenvalue weighted by atomic mass is 28.4. The Morgan fingerprint density at radius 1 is 1.21 bits per heavy atom. The van der Waals surface area contributed by atoms with Gasteiger partial charge in [-0.05, 0) is 49.7 Å². The lowest BCUT2D eigenvalue weighted by Crippen LogP contribution is -2.35. The first-order valence-corrected chi connectivity index (χ1v) is 10.3. The van der Waals surface area contributed by atoms with Crippen LogP contribution < -0.4 is 0 Å². The smallest absolute Gasteiger partial charge is 0.184 e. The maximum atomic E-state index is 12.2. The average molecular weight is 274 g/mol. The topological polar surface area (TPSA) is 26.3 Å². The van der Waals surface area contributed by atoms with Gasteiger partial charge in [-0.3, -0.25) is 4.79 Å². The van der Waals surface area contributed by atoms with Crippen molar-refractivity contribution in [2.45, 2.75) is 45.0 Å². The SMILES string of the molecule is C[Si](C)(C)OC1CC/C(=C/c2ccccc2)C(=O)C1. The number of carbonyl (C=O) groups is 1. The van der Waals surface area contributed by atoms with Crippen molar-refractivity contribution in [2.24, 2.45) is 0 Å². The van der Waals surface area contributed by atoms with Gasteiger partial charge in [-0.25, -0.2) is 0 Å². The fourth-order valence-corrected chi connectivity index (χ4v) is 3.60. The van der Waals surface area contributed by atoms with Gasteiger partial charge in [0.05, 0.1) is 6.10 Å². The highest BCUT2D eigenvalue weighted by molar-refractivity contribution is 6.69. The van der Waals surface area contributed by atoms with Crippen LogP contribution in [0.5, 0.6) is 0 Å². The molecule has 102 valence electrons. The van der Waals surface area contributed by atoms with E-state index >= 15 is 0 Å². The van der Waals surface area contributed by atoms with Crippen LogP contribution in [0, 0.1) is 0 Å². The summed E-state index contributed by atoms with van der Waals surface area (Å²) in [6.45, 7) is 6.52. The Morgan fingerprint density at radius 3 is 2.47 bits per heavy atom. The van der Waals surface area contributed by atoms with E-state index in [-0.39, 0.29) is 11.9 Å². The molecule has 0 amide bonds. The first-order valence-electron chi connectivity index (χ1n) is 6.91. The molecule has 0 aliphatic heterocycles. The van der Waals surface area contributed by atoms with Crippen molar-refractivity contribution in [3.63, 3.8) is 0 Å². The van der Waals surface area contributed by atoms with Crippen LogP contribution in [0.25, 0.3) is 6.08 Å². The summed E-state index contributed by atoms with van der Waals surface area (Å²) in [4.78, 5) is 12.2. The Labute approximate surface area is 116 Å². The molecular formula is C16H22O2Si. The van der Waals surface area contributed by atoms with E-state index < -0.39 is 8.32 Å². The monoisotopic (exact) mass is 274 g/mol. The maximum absolute atomic E-state index is 12.2. The Kier molecular flexibility index (Phi) is 4.37. The molecule has 2 nitrogen and oxygen atoms in total. The molecule has 0 spiro atoms. The van der Waals surface area contributed by atoms with E-state index in [0.29, 0.717) is 6.42 Å². The van der Waals surface area contributed by atoms with E-state index in [1.807, 2.05) is 36.4 Å². The van der Waals surface area contributed by atoms with Crippen LogP contribution in [-0.4, -0.2) is 20.2 Å². The van der Waals surface area contributed by atoms with Gasteiger partial charge < -0.3 is 4.43 Å². The largest absolute Gasteiger partial charge is 0.414 e. The summed E-state index contributed by atoms with van der Waals surface area (Å²) in [7, 11) is -1.54. The molecule has 1 atom stereocenters. The molecule has 1 fully saturated rings. The van der Waals surface area contributed by atoms with Crippen LogP contribution in [0.4, 0.5) is 0 Å². The van der Waals surface area contributed by atoms with Crippen molar-refractivity contribution in [1.29, 1.82) is 0 Å². The fourth-order valence-electron chi connectivity index (χ4n) is 2.40. The zero-order valence-corrected chi connectivity index (χ0v) is 13.0. The van der Waals surface area contributed by atoms with Crippen LogP contribution in [0.2, 0.25) is 19.6 Å². The zero-order valence-electron chi connectivity index (χ0n) is 12.0. The summed E-state index contributed by atoms with van der Waals surface area (Å²) in [6, 6.07) is 10.0. The minimum atomic E-state index is -1.54. The number of hydrogen-bond acceptors (Lipinski definition) is 2. The number of benzene rings is 1. The van der Waals surface area contributed by atoms with Crippen molar-refractivity contribution < 1.29 is 9.22 Å². The summed E-state index contributed by atoms with van der Waals surface area (Å²) in [5.74, 6) is 0.248. The molecule has 0 heterocycles. The van der Waals surface area contributed by atoms with Crippen molar-refractivity contribution in [2.75, 3.05) is 0 Å². The molecule has 1 aliphatic rings. The second kappa shape index (κ2) is 5.84. The van der Waals surface area contributed by atoms with Gasteiger partial charge in [0.15, 0.2) is 14.1 Å². The second-order valence-electron chi connectivity index (χ2n) is 6.10. The van der Waals surface area contributed by atoms with E-state index in [4.69, 9.17) is 4.43 Å². The summed E-state index contributed by atoms with van der Waals surface area (Å²) in [6.07, 6.45) is 4.50. The molecular weight excluding hydrogens is 252 g/mol. The lowest BCUT2D eigenvalue weighted by atomic mass is 9.90. The standard InChI is InChI=1S/C16H22O2Si/c1-19(2,3)18-15-10-9-14(16(17)12-15)11-13-7-5-4-6-8-13/h4-8,11,15H,9-10,12H2,1-3H3/b14-11-. The summed E-state index contributed by atoms with van der Waals surface area (Å²) in [5, 5.41) is 0. The molecule has 0 radical (unpaired) electrons. The Bertz CT molecular complexity index is 471. The number of rotatable bonds is 3. The molecule has 19 heavy (non-hydrogen) atoms. The van der Waals surface area contributed by atoms with Crippen LogP contribution in [0.3, 0.4) is 0 Å². The fraction of sp³-hybridized carbons (Fsp3) is 0.438. The second-order valence-corrected chi connectivity index (χ2v) is 10.6. The third-order valence-electron chi connectivity index (χ3n) is 3.17. The van der Waals surface area contributed by atoms with Crippen LogP contribution in [0.15, 0.2) is 35.9 Å². The van der Waals surface area contributed by atoms with E-state index in [1.165, 1.54) is 0 Å². The first kappa shape index (κ1) is 14.2. The van der Waals surface area contributed by atoms with E-state index in [9.17, 15) is 4.79 Å². The van der Waals surface area contributed by atoms with Crippen molar-refractivity contribution in [3.05, 3.63) is 41.5 Å².